The Morgan fingerprint density at radius 2 is 2.08 bits per heavy atom. The summed E-state index contributed by atoms with van der Waals surface area (Å²) in [5.41, 5.74) is 1.38. The van der Waals surface area contributed by atoms with E-state index in [1.165, 1.54) is 6.92 Å². The number of carbonyl (C=O) groups excluding carboxylic acids is 1. The summed E-state index contributed by atoms with van der Waals surface area (Å²) in [5.74, 6) is 1.64. The molecule has 24 heavy (non-hydrogen) atoms. The Bertz CT molecular complexity index is 706. The second kappa shape index (κ2) is 6.77. The highest BCUT2D eigenvalue weighted by atomic mass is 32.2. The van der Waals surface area contributed by atoms with Crippen molar-refractivity contribution in [1.29, 1.82) is 0 Å². The van der Waals surface area contributed by atoms with Crippen LogP contribution in [0.1, 0.15) is 18.5 Å². The van der Waals surface area contributed by atoms with Crippen LogP contribution in [-0.2, 0) is 19.0 Å². The summed E-state index contributed by atoms with van der Waals surface area (Å²) in [6.45, 7) is 2.32. The van der Waals surface area contributed by atoms with Gasteiger partial charge in [0.25, 0.3) is 10.1 Å². The van der Waals surface area contributed by atoms with Gasteiger partial charge in [-0.05, 0) is 24.6 Å². The van der Waals surface area contributed by atoms with E-state index in [4.69, 9.17) is 8.92 Å². The average Bonchev–Trinajstić information content (AvgIpc) is 3.17. The minimum atomic E-state index is -3.89. The molecule has 2 saturated heterocycles. The predicted octanol–water partition coefficient (Wildman–Crippen LogP) is 2.27. The fourth-order valence-electron chi connectivity index (χ4n) is 2.51. The molecule has 0 aromatic heterocycles. The molecule has 1 amide bonds. The van der Waals surface area contributed by atoms with Gasteiger partial charge >= 0.3 is 6.09 Å². The van der Waals surface area contributed by atoms with Crippen LogP contribution in [0.4, 0.5) is 15.0 Å². The van der Waals surface area contributed by atoms with E-state index < -0.39 is 28.5 Å². The molecule has 2 fully saturated rings. The number of anilines is 1. The highest BCUT2D eigenvalue weighted by Gasteiger charge is 2.46. The molecule has 0 N–H and O–H groups in total. The number of halogens is 1. The smallest absolute Gasteiger partial charge is 0.414 e. The van der Waals surface area contributed by atoms with Crippen molar-refractivity contribution in [3.8, 4) is 0 Å². The van der Waals surface area contributed by atoms with Crippen molar-refractivity contribution in [3.05, 3.63) is 29.8 Å². The molecule has 3 rings (SSSR count). The van der Waals surface area contributed by atoms with Crippen LogP contribution in [0.5, 0.6) is 0 Å². The molecule has 7 nitrogen and oxygen atoms in total. The molecule has 0 radical (unpaired) electrons. The summed E-state index contributed by atoms with van der Waals surface area (Å²) in [7, 11) is -3.89. The SMILES string of the molecule is CCS(=O)(=O)OC1OC(=O)N(F)C1c1ccc(N2CCSC2)cc1. The molecule has 0 saturated carbocycles. The zero-order valence-corrected chi connectivity index (χ0v) is 14.6. The third-order valence-corrected chi connectivity index (χ3v) is 6.00. The second-order valence-corrected chi connectivity index (χ2v) is 8.30. The zero-order valence-electron chi connectivity index (χ0n) is 12.9. The third kappa shape index (κ3) is 3.45. The van der Waals surface area contributed by atoms with E-state index in [9.17, 15) is 17.7 Å². The largest absolute Gasteiger partial charge is 0.441 e. The number of cyclic esters (lactones) is 1. The van der Waals surface area contributed by atoms with E-state index in [1.54, 1.807) is 12.1 Å². The lowest BCUT2D eigenvalue weighted by atomic mass is 10.1. The van der Waals surface area contributed by atoms with Gasteiger partial charge in [-0.25, -0.2) is 8.98 Å². The van der Waals surface area contributed by atoms with E-state index >= 15 is 0 Å². The molecule has 2 atom stereocenters. The fraction of sp³-hybridized carbons (Fsp3) is 0.500. The number of rotatable bonds is 5. The quantitative estimate of drug-likeness (QED) is 0.576. The van der Waals surface area contributed by atoms with Gasteiger partial charge in [-0.2, -0.15) is 8.42 Å². The van der Waals surface area contributed by atoms with Crippen molar-refractivity contribution in [2.45, 2.75) is 19.3 Å². The van der Waals surface area contributed by atoms with E-state index in [-0.39, 0.29) is 10.9 Å². The summed E-state index contributed by atoms with van der Waals surface area (Å²) in [6, 6.07) is 5.64. The van der Waals surface area contributed by atoms with Gasteiger partial charge in [-0.1, -0.05) is 16.6 Å². The summed E-state index contributed by atoms with van der Waals surface area (Å²) in [5, 5.41) is -0.142. The summed E-state index contributed by atoms with van der Waals surface area (Å²) >= 11 is 1.82. The zero-order chi connectivity index (χ0) is 17.3. The van der Waals surface area contributed by atoms with E-state index in [2.05, 4.69) is 4.90 Å². The van der Waals surface area contributed by atoms with Crippen LogP contribution in [0.2, 0.25) is 0 Å². The molecule has 1 aromatic carbocycles. The number of carbonyl (C=O) groups is 1. The summed E-state index contributed by atoms with van der Waals surface area (Å²) in [4.78, 5) is 13.6. The minimum Gasteiger partial charge on any atom is -0.414 e. The first-order valence-corrected chi connectivity index (χ1v) is 10.1. The van der Waals surface area contributed by atoms with Crippen LogP contribution in [0.15, 0.2) is 24.3 Å². The molecule has 2 aliphatic heterocycles. The third-order valence-electron chi connectivity index (χ3n) is 3.84. The molecule has 0 spiro atoms. The van der Waals surface area contributed by atoms with Gasteiger partial charge in [-0.3, -0.25) is 0 Å². The Labute approximate surface area is 143 Å². The van der Waals surface area contributed by atoms with Gasteiger partial charge in [0.1, 0.15) is 0 Å². The van der Waals surface area contributed by atoms with Gasteiger partial charge in [0.2, 0.25) is 6.29 Å². The first-order chi connectivity index (χ1) is 11.4. The van der Waals surface area contributed by atoms with Gasteiger partial charge in [0, 0.05) is 18.0 Å². The highest BCUT2D eigenvalue weighted by Crippen LogP contribution is 2.36. The monoisotopic (exact) mass is 376 g/mol. The maximum absolute atomic E-state index is 14.1. The highest BCUT2D eigenvalue weighted by molar-refractivity contribution is 7.99. The number of hydrogen-bond acceptors (Lipinski definition) is 7. The molecule has 2 unspecified atom stereocenters. The minimum absolute atomic E-state index is 0.142. The van der Waals surface area contributed by atoms with Crippen LogP contribution < -0.4 is 4.90 Å². The number of hydrogen-bond donors (Lipinski definition) is 0. The van der Waals surface area contributed by atoms with Crippen LogP contribution in [-0.4, -0.2) is 49.9 Å². The number of nitrogens with zero attached hydrogens (tertiary/aromatic N) is 2. The topological polar surface area (TPSA) is 76.2 Å². The average molecular weight is 376 g/mol. The molecule has 0 bridgehead atoms. The molecule has 1 aromatic rings. The predicted molar refractivity (Wildman–Crippen MR) is 87.6 cm³/mol. The molecule has 10 heteroatoms. The van der Waals surface area contributed by atoms with Crippen LogP contribution in [0.25, 0.3) is 0 Å². The van der Waals surface area contributed by atoms with Crippen molar-refractivity contribution in [2.24, 2.45) is 0 Å². The van der Waals surface area contributed by atoms with Crippen molar-refractivity contribution in [3.63, 3.8) is 0 Å². The van der Waals surface area contributed by atoms with E-state index in [0.717, 1.165) is 23.9 Å². The Morgan fingerprint density at radius 3 is 2.67 bits per heavy atom. The number of amides is 1. The van der Waals surface area contributed by atoms with Gasteiger partial charge < -0.3 is 9.64 Å². The van der Waals surface area contributed by atoms with Gasteiger partial charge in [0.05, 0.1) is 11.6 Å². The van der Waals surface area contributed by atoms with Crippen molar-refractivity contribution in [1.82, 2.24) is 5.12 Å². The van der Waals surface area contributed by atoms with Gasteiger partial charge in [-0.15, -0.1) is 16.9 Å². The maximum Gasteiger partial charge on any atom is 0.441 e. The second-order valence-electron chi connectivity index (χ2n) is 5.34. The maximum atomic E-state index is 14.1. The summed E-state index contributed by atoms with van der Waals surface area (Å²) in [6.07, 6.45) is -2.81. The molecule has 2 aliphatic rings. The Balaban J connectivity index is 1.82. The first-order valence-electron chi connectivity index (χ1n) is 7.40. The number of ether oxygens (including phenoxy) is 1. The van der Waals surface area contributed by atoms with Crippen LogP contribution in [0, 0.1) is 0 Å². The first kappa shape index (κ1) is 17.3. The molecular weight excluding hydrogens is 359 g/mol. The molecule has 0 aliphatic carbocycles. The van der Waals surface area contributed by atoms with Crippen LogP contribution in [0.3, 0.4) is 0 Å². The number of benzene rings is 1. The Morgan fingerprint density at radius 1 is 1.38 bits per heavy atom. The Hall–Kier alpha value is -1.52. The lowest BCUT2D eigenvalue weighted by molar-refractivity contribution is -0.0262. The normalized spacial score (nSPS) is 24.5. The van der Waals surface area contributed by atoms with Crippen LogP contribution >= 0.6 is 11.8 Å². The molecular formula is C14H17FN2O5S2. The summed E-state index contributed by atoms with van der Waals surface area (Å²) < 4.78 is 46.8. The van der Waals surface area contributed by atoms with Gasteiger partial charge in [0.15, 0.2) is 6.04 Å². The lowest BCUT2D eigenvalue weighted by Crippen LogP contribution is -2.27. The van der Waals surface area contributed by atoms with Crippen molar-refractivity contribution >= 4 is 33.7 Å². The van der Waals surface area contributed by atoms with Crippen molar-refractivity contribution < 1.29 is 26.6 Å². The van der Waals surface area contributed by atoms with Crippen molar-refractivity contribution in [2.75, 3.05) is 28.8 Å². The molecule has 132 valence electrons. The Kier molecular flexibility index (Phi) is 4.88. The fourth-order valence-corrected chi connectivity index (χ4v) is 4.05. The lowest BCUT2D eigenvalue weighted by Gasteiger charge is -2.20. The molecule has 2 heterocycles. The van der Waals surface area contributed by atoms with E-state index in [1.807, 2.05) is 23.9 Å². The standard InChI is InChI=1S/C14H17FN2O5S2/c1-2-24(19,20)22-13-12(17(15)14(18)21-13)10-3-5-11(6-4-10)16-7-8-23-9-16/h3-6,12-13H,2,7-9H2,1H3. The number of thioether (sulfide) groups is 1. The van der Waals surface area contributed by atoms with E-state index in [0.29, 0.717) is 5.56 Å².